The van der Waals surface area contributed by atoms with Gasteiger partial charge in [0.15, 0.2) is 5.66 Å². The van der Waals surface area contributed by atoms with E-state index >= 15 is 0 Å². The minimum Gasteiger partial charge on any atom is -0.317 e. The van der Waals surface area contributed by atoms with Gasteiger partial charge in [-0.05, 0) is 20.0 Å². The molecule has 1 aliphatic heterocycles. The van der Waals surface area contributed by atoms with Crippen LogP contribution in [0.1, 0.15) is 20.3 Å². The van der Waals surface area contributed by atoms with E-state index in [9.17, 15) is 0 Å². The maximum absolute atomic E-state index is 3.89. The molecule has 0 fully saturated rings. The lowest BCUT2D eigenvalue weighted by Gasteiger charge is -2.02. The molecule has 0 radical (unpaired) electrons. The Hall–Kier alpha value is -0.440. The highest BCUT2D eigenvalue weighted by Crippen LogP contribution is 2.29. The Morgan fingerprint density at radius 1 is 1.44 bits per heavy atom. The van der Waals surface area contributed by atoms with Crippen LogP contribution in [0.3, 0.4) is 0 Å². The van der Waals surface area contributed by atoms with Crippen molar-refractivity contribution in [2.24, 2.45) is 10.2 Å². The molecule has 3 heteroatoms. The van der Waals surface area contributed by atoms with Crippen molar-refractivity contribution in [1.29, 1.82) is 0 Å². The second-order valence-corrected chi connectivity index (χ2v) is 2.52. The van der Waals surface area contributed by atoms with Gasteiger partial charge in [0.2, 0.25) is 0 Å². The average molecular weight is 127 g/mol. The fourth-order valence-electron chi connectivity index (χ4n) is 0.687. The molecule has 3 nitrogen and oxygen atoms in total. The SMILES string of the molecule is CCNCCC1(C)N=N1. The van der Waals surface area contributed by atoms with E-state index in [0.29, 0.717) is 0 Å². The summed E-state index contributed by atoms with van der Waals surface area (Å²) >= 11 is 0. The standard InChI is InChI=1S/C6H13N3/c1-3-7-5-4-6(2)8-9-6/h7H,3-5H2,1-2H3. The normalized spacial score (nSPS) is 20.2. The summed E-state index contributed by atoms with van der Waals surface area (Å²) in [6.45, 7) is 6.21. The van der Waals surface area contributed by atoms with E-state index < -0.39 is 0 Å². The highest BCUT2D eigenvalue weighted by Gasteiger charge is 2.32. The minimum absolute atomic E-state index is 0.0117. The molecule has 0 aromatic carbocycles. The van der Waals surface area contributed by atoms with Crippen molar-refractivity contribution >= 4 is 0 Å². The van der Waals surface area contributed by atoms with E-state index in [-0.39, 0.29) is 5.66 Å². The minimum atomic E-state index is -0.0117. The fourth-order valence-corrected chi connectivity index (χ4v) is 0.687. The Bertz CT molecular complexity index is 113. The van der Waals surface area contributed by atoms with Crippen LogP contribution in [-0.4, -0.2) is 18.8 Å². The molecule has 0 saturated carbocycles. The Balaban J connectivity index is 1.93. The van der Waals surface area contributed by atoms with E-state index in [1.165, 1.54) is 0 Å². The summed E-state index contributed by atoms with van der Waals surface area (Å²) < 4.78 is 0. The number of hydrogen-bond acceptors (Lipinski definition) is 3. The maximum Gasteiger partial charge on any atom is 0.189 e. The molecular formula is C6H13N3. The Morgan fingerprint density at radius 2 is 2.11 bits per heavy atom. The van der Waals surface area contributed by atoms with E-state index in [1.807, 2.05) is 6.92 Å². The first-order chi connectivity index (χ1) is 4.27. The maximum atomic E-state index is 3.89. The van der Waals surface area contributed by atoms with Gasteiger partial charge in [-0.3, -0.25) is 0 Å². The third-order valence-electron chi connectivity index (χ3n) is 1.47. The van der Waals surface area contributed by atoms with Crippen molar-refractivity contribution in [3.05, 3.63) is 0 Å². The third-order valence-corrected chi connectivity index (χ3v) is 1.47. The van der Waals surface area contributed by atoms with Crippen LogP contribution in [0.5, 0.6) is 0 Å². The van der Waals surface area contributed by atoms with Gasteiger partial charge in [-0.25, -0.2) is 0 Å². The van der Waals surface area contributed by atoms with Crippen molar-refractivity contribution in [1.82, 2.24) is 5.32 Å². The van der Waals surface area contributed by atoms with Crippen molar-refractivity contribution < 1.29 is 0 Å². The van der Waals surface area contributed by atoms with Crippen LogP contribution in [0.4, 0.5) is 0 Å². The summed E-state index contributed by atoms with van der Waals surface area (Å²) in [5.41, 5.74) is -0.0117. The van der Waals surface area contributed by atoms with E-state index in [0.717, 1.165) is 19.5 Å². The van der Waals surface area contributed by atoms with Gasteiger partial charge in [0, 0.05) is 6.42 Å². The smallest absolute Gasteiger partial charge is 0.189 e. The van der Waals surface area contributed by atoms with Gasteiger partial charge >= 0.3 is 0 Å². The lowest BCUT2D eigenvalue weighted by atomic mass is 10.2. The number of hydrogen-bond donors (Lipinski definition) is 1. The van der Waals surface area contributed by atoms with Crippen LogP contribution in [-0.2, 0) is 0 Å². The summed E-state index contributed by atoms with van der Waals surface area (Å²) in [5, 5.41) is 11.0. The predicted molar refractivity (Wildman–Crippen MR) is 36.4 cm³/mol. The zero-order chi connectivity index (χ0) is 6.74. The Labute approximate surface area is 55.6 Å². The van der Waals surface area contributed by atoms with Gasteiger partial charge in [-0.1, -0.05) is 6.92 Å². The molecule has 0 saturated heterocycles. The largest absolute Gasteiger partial charge is 0.317 e. The average Bonchev–Trinajstić information content (AvgIpc) is 2.50. The molecular weight excluding hydrogens is 114 g/mol. The van der Waals surface area contributed by atoms with Crippen LogP contribution in [0.2, 0.25) is 0 Å². The van der Waals surface area contributed by atoms with Crippen molar-refractivity contribution in [3.8, 4) is 0 Å². The fraction of sp³-hybridized carbons (Fsp3) is 1.00. The summed E-state index contributed by atoms with van der Waals surface area (Å²) in [6.07, 6.45) is 1.04. The second-order valence-electron chi connectivity index (χ2n) is 2.52. The van der Waals surface area contributed by atoms with Crippen LogP contribution in [0.15, 0.2) is 10.2 Å². The molecule has 1 aliphatic rings. The van der Waals surface area contributed by atoms with Gasteiger partial charge in [0.1, 0.15) is 0 Å². The molecule has 9 heavy (non-hydrogen) atoms. The van der Waals surface area contributed by atoms with Gasteiger partial charge in [-0.2, -0.15) is 10.2 Å². The summed E-state index contributed by atoms with van der Waals surface area (Å²) in [5.74, 6) is 0. The molecule has 0 unspecified atom stereocenters. The van der Waals surface area contributed by atoms with Gasteiger partial charge in [0.25, 0.3) is 0 Å². The first kappa shape index (κ1) is 6.68. The molecule has 0 atom stereocenters. The van der Waals surface area contributed by atoms with Crippen LogP contribution >= 0.6 is 0 Å². The third kappa shape index (κ3) is 2.10. The number of nitrogens with one attached hydrogen (secondary N) is 1. The lowest BCUT2D eigenvalue weighted by molar-refractivity contribution is 0.557. The molecule has 0 bridgehead atoms. The van der Waals surface area contributed by atoms with Crippen LogP contribution in [0.25, 0.3) is 0 Å². The number of nitrogens with zero attached hydrogens (tertiary/aromatic N) is 2. The van der Waals surface area contributed by atoms with E-state index in [1.54, 1.807) is 0 Å². The monoisotopic (exact) mass is 127 g/mol. The molecule has 1 heterocycles. The van der Waals surface area contributed by atoms with Gasteiger partial charge < -0.3 is 5.32 Å². The summed E-state index contributed by atoms with van der Waals surface area (Å²) in [7, 11) is 0. The molecule has 0 aliphatic carbocycles. The molecule has 0 aromatic heterocycles. The zero-order valence-electron chi connectivity index (χ0n) is 6.02. The molecule has 0 aromatic rings. The van der Waals surface area contributed by atoms with Crippen molar-refractivity contribution in [2.45, 2.75) is 25.9 Å². The van der Waals surface area contributed by atoms with Crippen molar-refractivity contribution in [2.75, 3.05) is 13.1 Å². The molecule has 0 spiro atoms. The van der Waals surface area contributed by atoms with E-state index in [2.05, 4.69) is 22.5 Å². The zero-order valence-corrected chi connectivity index (χ0v) is 6.02. The Kier molecular flexibility index (Phi) is 1.81. The van der Waals surface area contributed by atoms with Crippen LogP contribution in [0, 0.1) is 0 Å². The van der Waals surface area contributed by atoms with Crippen molar-refractivity contribution in [3.63, 3.8) is 0 Å². The van der Waals surface area contributed by atoms with Gasteiger partial charge in [0.05, 0.1) is 0 Å². The molecule has 52 valence electrons. The topological polar surface area (TPSA) is 36.8 Å². The second kappa shape index (κ2) is 2.43. The summed E-state index contributed by atoms with van der Waals surface area (Å²) in [6, 6.07) is 0. The highest BCUT2D eigenvalue weighted by atomic mass is 15.4. The summed E-state index contributed by atoms with van der Waals surface area (Å²) in [4.78, 5) is 0. The van der Waals surface area contributed by atoms with Crippen LogP contribution < -0.4 is 5.32 Å². The molecule has 1 rings (SSSR count). The predicted octanol–water partition coefficient (Wildman–Crippen LogP) is 1.17. The Morgan fingerprint density at radius 3 is 2.56 bits per heavy atom. The highest BCUT2D eigenvalue weighted by molar-refractivity contribution is 4.88. The molecule has 1 N–H and O–H groups in total. The van der Waals surface area contributed by atoms with Gasteiger partial charge in [-0.15, -0.1) is 0 Å². The van der Waals surface area contributed by atoms with E-state index in [4.69, 9.17) is 0 Å². The quantitative estimate of drug-likeness (QED) is 0.565. The first-order valence-electron chi connectivity index (χ1n) is 3.41. The first-order valence-corrected chi connectivity index (χ1v) is 3.41. The lowest BCUT2D eigenvalue weighted by Crippen LogP contribution is -2.19. The molecule has 0 amide bonds. The number of rotatable bonds is 4.